The van der Waals surface area contributed by atoms with E-state index in [0.717, 1.165) is 11.1 Å². The van der Waals surface area contributed by atoms with Gasteiger partial charge in [-0.3, -0.25) is 0 Å². The summed E-state index contributed by atoms with van der Waals surface area (Å²) in [6.45, 7) is 0.565. The molecule has 0 saturated carbocycles. The van der Waals surface area contributed by atoms with Crippen LogP contribution in [0.3, 0.4) is 0 Å². The highest BCUT2D eigenvalue weighted by atomic mass is 16.3. The second-order valence-corrected chi connectivity index (χ2v) is 4.14. The lowest BCUT2D eigenvalue weighted by Gasteiger charge is -2.21. The Labute approximate surface area is 107 Å². The molecule has 0 amide bonds. The summed E-state index contributed by atoms with van der Waals surface area (Å²) in [6.07, 6.45) is 0. The molecule has 0 aliphatic rings. The molecule has 2 N–H and O–H groups in total. The van der Waals surface area contributed by atoms with E-state index in [9.17, 15) is 10.2 Å². The Morgan fingerprint density at radius 1 is 0.833 bits per heavy atom. The topological polar surface area (TPSA) is 54.6 Å². The molecule has 2 rings (SSSR count). The molecule has 0 aromatic heterocycles. The first-order valence-electron chi connectivity index (χ1n) is 5.71. The van der Waals surface area contributed by atoms with Gasteiger partial charge in [0, 0.05) is 0 Å². The first-order chi connectivity index (χ1) is 8.70. The Hall–Kier alpha value is -2.13. The summed E-state index contributed by atoms with van der Waals surface area (Å²) in [5.41, 5.74) is 2.12. The van der Waals surface area contributed by atoms with Crippen molar-refractivity contribution in [3.8, 4) is 11.5 Å². The van der Waals surface area contributed by atoms with E-state index in [1.807, 2.05) is 24.3 Å². The van der Waals surface area contributed by atoms with Crippen LogP contribution >= 0.6 is 0 Å². The fraction of sp³-hybridized carbons (Fsp3) is 0.133. The monoisotopic (exact) mass is 241 g/mol. The minimum absolute atomic E-state index is 0.0868. The smallest absolute Gasteiger partial charge is 0.115 e. The van der Waals surface area contributed by atoms with E-state index in [1.54, 1.807) is 24.3 Å². The summed E-state index contributed by atoms with van der Waals surface area (Å²) in [7, 11) is 3.54. The minimum Gasteiger partial charge on any atom is -0.508 e. The van der Waals surface area contributed by atoms with E-state index in [0.29, 0.717) is 6.54 Å². The molecule has 0 heterocycles. The summed E-state index contributed by atoms with van der Waals surface area (Å²) in [5.74, 6) is 0.577. The minimum atomic E-state index is 0.0868. The van der Waals surface area contributed by atoms with Crippen molar-refractivity contribution in [3.63, 3.8) is 0 Å². The fourth-order valence-electron chi connectivity index (χ4n) is 1.95. The Balaban J connectivity index is 2.33. The largest absolute Gasteiger partial charge is 0.508 e. The molecule has 0 bridgehead atoms. The van der Waals surface area contributed by atoms with E-state index >= 15 is 0 Å². The van der Waals surface area contributed by atoms with Crippen LogP contribution in [0.2, 0.25) is 0 Å². The highest BCUT2D eigenvalue weighted by Crippen LogP contribution is 2.28. The number of benzene rings is 2. The summed E-state index contributed by atoms with van der Waals surface area (Å²) in [4.78, 5) is 0. The molecule has 0 atom stereocenters. The molecule has 0 unspecified atom stereocenters. The fourth-order valence-corrected chi connectivity index (χ4v) is 1.95. The molecular formula is C15H15NO2. The van der Waals surface area contributed by atoms with Gasteiger partial charge in [0.05, 0.1) is 0 Å². The van der Waals surface area contributed by atoms with Crippen molar-refractivity contribution in [2.45, 2.75) is 5.92 Å². The SMILES string of the molecule is [CH2+][N-]CC(c1ccc(O)cc1)c1ccc(O)cc1. The van der Waals surface area contributed by atoms with E-state index in [2.05, 4.69) is 12.4 Å². The third-order valence-electron chi connectivity index (χ3n) is 2.90. The van der Waals surface area contributed by atoms with Crippen LogP contribution in [-0.4, -0.2) is 16.8 Å². The summed E-state index contributed by atoms with van der Waals surface area (Å²) in [5, 5.41) is 22.6. The van der Waals surface area contributed by atoms with Crippen LogP contribution in [0.25, 0.3) is 5.32 Å². The van der Waals surface area contributed by atoms with Gasteiger partial charge in [0.2, 0.25) is 0 Å². The number of hydrogen-bond donors (Lipinski definition) is 2. The van der Waals surface area contributed by atoms with Crippen molar-refractivity contribution < 1.29 is 10.2 Å². The van der Waals surface area contributed by atoms with Gasteiger partial charge >= 0.3 is 0 Å². The van der Waals surface area contributed by atoms with Crippen LogP contribution in [0.5, 0.6) is 11.5 Å². The zero-order valence-electron chi connectivity index (χ0n) is 9.95. The van der Waals surface area contributed by atoms with Gasteiger partial charge in [-0.2, -0.15) is 0 Å². The molecule has 3 nitrogen and oxygen atoms in total. The predicted octanol–water partition coefficient (Wildman–Crippen LogP) is 3.39. The van der Waals surface area contributed by atoms with Crippen molar-refractivity contribution in [2.75, 3.05) is 6.54 Å². The van der Waals surface area contributed by atoms with Gasteiger partial charge in [-0.15, -0.1) is 6.54 Å². The lowest BCUT2D eigenvalue weighted by molar-refractivity contribution is 0.475. The van der Waals surface area contributed by atoms with Gasteiger partial charge < -0.3 is 15.5 Å². The molecule has 2 aromatic carbocycles. The number of rotatable bonds is 4. The highest BCUT2D eigenvalue weighted by molar-refractivity contribution is 5.38. The van der Waals surface area contributed by atoms with E-state index in [4.69, 9.17) is 0 Å². The van der Waals surface area contributed by atoms with Crippen molar-refractivity contribution in [1.29, 1.82) is 0 Å². The Morgan fingerprint density at radius 3 is 1.56 bits per heavy atom. The van der Waals surface area contributed by atoms with Crippen LogP contribution in [0, 0.1) is 7.05 Å². The maximum Gasteiger partial charge on any atom is 0.115 e. The molecule has 0 aliphatic heterocycles. The van der Waals surface area contributed by atoms with Crippen LogP contribution in [0.4, 0.5) is 0 Å². The van der Waals surface area contributed by atoms with Crippen LogP contribution in [0.15, 0.2) is 48.5 Å². The normalized spacial score (nSPS) is 10.7. The third-order valence-corrected chi connectivity index (χ3v) is 2.90. The zero-order chi connectivity index (χ0) is 13.0. The average molecular weight is 241 g/mol. The van der Waals surface area contributed by atoms with Crippen molar-refractivity contribution in [2.24, 2.45) is 0 Å². The standard InChI is InChI=1S/C15H15NO2/c1-16-10-15(11-2-6-13(17)7-3-11)12-4-8-14(18)9-5-12/h2-9,15,17-18H,1,10H2. The first-order valence-corrected chi connectivity index (χ1v) is 5.71. The number of phenols is 2. The van der Waals surface area contributed by atoms with Gasteiger partial charge in [0.1, 0.15) is 11.5 Å². The number of aromatic hydroxyl groups is 2. The lowest BCUT2D eigenvalue weighted by Crippen LogP contribution is -2.04. The van der Waals surface area contributed by atoms with Gasteiger partial charge in [-0.25, -0.2) is 0 Å². The maximum atomic E-state index is 9.31. The Kier molecular flexibility index (Phi) is 3.75. The van der Waals surface area contributed by atoms with Crippen molar-refractivity contribution in [1.82, 2.24) is 0 Å². The Morgan fingerprint density at radius 2 is 1.22 bits per heavy atom. The van der Waals surface area contributed by atoms with Gasteiger partial charge in [-0.05, 0) is 48.4 Å². The average Bonchev–Trinajstić information content (AvgIpc) is 2.39. The zero-order valence-corrected chi connectivity index (χ0v) is 9.95. The van der Waals surface area contributed by atoms with Crippen molar-refractivity contribution in [3.05, 3.63) is 72.0 Å². The number of nitrogens with zero attached hydrogens (tertiary/aromatic N) is 1. The first kappa shape index (κ1) is 12.3. The molecule has 92 valence electrons. The van der Waals surface area contributed by atoms with Gasteiger partial charge in [-0.1, -0.05) is 24.3 Å². The quantitative estimate of drug-likeness (QED) is 0.806. The van der Waals surface area contributed by atoms with E-state index in [-0.39, 0.29) is 17.4 Å². The summed E-state index contributed by atoms with van der Waals surface area (Å²) < 4.78 is 0. The second-order valence-electron chi connectivity index (χ2n) is 4.14. The highest BCUT2D eigenvalue weighted by Gasteiger charge is 2.10. The number of hydrogen-bond acceptors (Lipinski definition) is 2. The molecule has 0 aliphatic carbocycles. The van der Waals surface area contributed by atoms with Crippen LogP contribution in [0.1, 0.15) is 17.0 Å². The predicted molar refractivity (Wildman–Crippen MR) is 71.6 cm³/mol. The summed E-state index contributed by atoms with van der Waals surface area (Å²) >= 11 is 0. The van der Waals surface area contributed by atoms with E-state index in [1.165, 1.54) is 0 Å². The second kappa shape index (κ2) is 5.47. The molecule has 0 fully saturated rings. The molecule has 18 heavy (non-hydrogen) atoms. The van der Waals surface area contributed by atoms with Crippen LogP contribution in [-0.2, 0) is 0 Å². The molecular weight excluding hydrogens is 226 g/mol. The molecule has 0 spiro atoms. The third kappa shape index (κ3) is 2.76. The summed E-state index contributed by atoms with van der Waals surface area (Å²) in [6, 6.07) is 14.1. The lowest BCUT2D eigenvalue weighted by atomic mass is 9.91. The van der Waals surface area contributed by atoms with E-state index < -0.39 is 0 Å². The Bertz CT molecular complexity index is 445. The molecule has 0 radical (unpaired) electrons. The van der Waals surface area contributed by atoms with Gasteiger partial charge in [0.15, 0.2) is 0 Å². The maximum absolute atomic E-state index is 9.31. The number of phenolic OH excluding ortho intramolecular Hbond substituents is 2. The molecule has 3 heteroatoms. The van der Waals surface area contributed by atoms with Crippen molar-refractivity contribution >= 4 is 0 Å². The van der Waals surface area contributed by atoms with Gasteiger partial charge in [0.25, 0.3) is 0 Å². The molecule has 0 saturated heterocycles. The molecule has 2 aromatic rings. The van der Waals surface area contributed by atoms with Crippen LogP contribution < -0.4 is 0 Å².